The number of fused-ring (bicyclic) bond motifs is 3. The minimum absolute atomic E-state index is 0. The van der Waals surface area contributed by atoms with Crippen molar-refractivity contribution in [1.29, 1.82) is 0 Å². The highest BCUT2D eigenvalue weighted by molar-refractivity contribution is 5.85. The van der Waals surface area contributed by atoms with Crippen LogP contribution >= 0.6 is 12.4 Å². The van der Waals surface area contributed by atoms with E-state index < -0.39 is 11.0 Å². The summed E-state index contributed by atoms with van der Waals surface area (Å²) in [5.41, 5.74) is 4.18. The number of aromatic hydroxyl groups is 1. The molecule has 6 heteroatoms. The quantitative estimate of drug-likeness (QED) is 0.609. The van der Waals surface area contributed by atoms with Crippen molar-refractivity contribution >= 4 is 23.3 Å². The molecule has 1 fully saturated rings. The third-order valence-corrected chi connectivity index (χ3v) is 7.95. The Hall–Kier alpha value is -2.34. The number of likely N-dealkylation sites (N-methyl/N-ethyl adjacent to an activating group) is 1. The second kappa shape index (κ2) is 6.83. The molecule has 5 nitrogen and oxygen atoms in total. The minimum Gasteiger partial charge on any atom is -0.508 e. The fourth-order valence-corrected chi connectivity index (χ4v) is 6.38. The van der Waals surface area contributed by atoms with E-state index in [4.69, 9.17) is 9.72 Å². The van der Waals surface area contributed by atoms with Gasteiger partial charge in [0.25, 0.3) is 0 Å². The Kier molecular flexibility index (Phi) is 4.53. The molecule has 2 bridgehead atoms. The van der Waals surface area contributed by atoms with Crippen LogP contribution in [0, 0.1) is 0 Å². The number of pyridine rings is 1. The molecule has 0 spiro atoms. The molecule has 0 amide bonds. The van der Waals surface area contributed by atoms with E-state index in [1.807, 2.05) is 30.3 Å². The number of phenols is 1. The number of methoxy groups -OCH3 is 1. The number of halogens is 1. The van der Waals surface area contributed by atoms with Gasteiger partial charge in [-0.1, -0.05) is 6.07 Å². The van der Waals surface area contributed by atoms with Gasteiger partial charge in [-0.05, 0) is 79.5 Å². The van der Waals surface area contributed by atoms with Crippen LogP contribution in [0.2, 0.25) is 0 Å². The average molecular weight is 439 g/mol. The highest BCUT2D eigenvalue weighted by Crippen LogP contribution is 2.57. The van der Waals surface area contributed by atoms with Gasteiger partial charge in [0.1, 0.15) is 11.5 Å². The van der Waals surface area contributed by atoms with Crippen molar-refractivity contribution in [3.05, 3.63) is 64.8 Å². The summed E-state index contributed by atoms with van der Waals surface area (Å²) < 4.78 is 5.39. The number of likely N-dealkylation sites (tertiary alicyclic amines) is 1. The monoisotopic (exact) mass is 438 g/mol. The minimum atomic E-state index is -0.887. The maximum atomic E-state index is 12.3. The number of aromatic nitrogens is 1. The SMILES string of the molecule is COc1ccc2nc3c(cc2c1)C[C@@]1(O)[C@H]2Cc4ccc(O)cc4[C@@]1(CCN2C)C3.Cl. The highest BCUT2D eigenvalue weighted by atomic mass is 35.5. The molecule has 162 valence electrons. The summed E-state index contributed by atoms with van der Waals surface area (Å²) in [7, 11) is 3.79. The molecular formula is C25H27ClN2O3. The number of hydrogen-bond acceptors (Lipinski definition) is 5. The molecule has 6 rings (SSSR count). The first-order chi connectivity index (χ1) is 14.4. The fraction of sp³-hybridized carbons (Fsp3) is 0.400. The van der Waals surface area contributed by atoms with Crippen molar-refractivity contribution in [2.75, 3.05) is 20.7 Å². The largest absolute Gasteiger partial charge is 0.508 e. The van der Waals surface area contributed by atoms with Gasteiger partial charge in [-0.25, -0.2) is 0 Å². The van der Waals surface area contributed by atoms with Crippen LogP contribution in [0.5, 0.6) is 11.5 Å². The van der Waals surface area contributed by atoms with E-state index in [1.54, 1.807) is 13.2 Å². The molecule has 0 radical (unpaired) electrons. The Morgan fingerprint density at radius 2 is 1.94 bits per heavy atom. The number of benzene rings is 2. The molecule has 3 atom stereocenters. The van der Waals surface area contributed by atoms with Crippen molar-refractivity contribution < 1.29 is 14.9 Å². The van der Waals surface area contributed by atoms with E-state index in [9.17, 15) is 10.2 Å². The number of nitrogens with zero attached hydrogens (tertiary/aromatic N) is 2. The maximum Gasteiger partial charge on any atom is 0.119 e. The van der Waals surface area contributed by atoms with Crippen LogP contribution in [0.15, 0.2) is 42.5 Å². The van der Waals surface area contributed by atoms with Crippen LogP contribution in [0.4, 0.5) is 0 Å². The zero-order valence-corrected chi connectivity index (χ0v) is 18.6. The second-order valence-electron chi connectivity index (χ2n) is 9.30. The smallest absolute Gasteiger partial charge is 0.119 e. The van der Waals surface area contributed by atoms with E-state index in [0.717, 1.165) is 52.9 Å². The molecule has 2 heterocycles. The molecule has 2 N–H and O–H groups in total. The summed E-state index contributed by atoms with van der Waals surface area (Å²) in [5.74, 6) is 1.08. The lowest BCUT2D eigenvalue weighted by atomic mass is 9.49. The van der Waals surface area contributed by atoms with Crippen LogP contribution < -0.4 is 4.74 Å². The normalized spacial score (nSPS) is 28.8. The number of piperidine rings is 1. The van der Waals surface area contributed by atoms with E-state index in [-0.39, 0.29) is 24.2 Å². The Bertz CT molecular complexity index is 1200. The average Bonchev–Trinajstić information content (AvgIpc) is 2.73. The fourth-order valence-electron chi connectivity index (χ4n) is 6.38. The Labute approximate surface area is 188 Å². The Morgan fingerprint density at radius 1 is 1.10 bits per heavy atom. The predicted octanol–water partition coefficient (Wildman–Crippen LogP) is 3.40. The number of aliphatic hydroxyl groups is 1. The molecule has 31 heavy (non-hydrogen) atoms. The van der Waals surface area contributed by atoms with Crippen LogP contribution in [-0.4, -0.2) is 52.4 Å². The predicted molar refractivity (Wildman–Crippen MR) is 122 cm³/mol. The van der Waals surface area contributed by atoms with Crippen LogP contribution in [-0.2, 0) is 24.7 Å². The van der Waals surface area contributed by atoms with Crippen molar-refractivity contribution in [2.45, 2.75) is 42.7 Å². The number of phenolic OH excluding ortho intramolecular Hbond substituents is 1. The molecule has 2 aliphatic carbocycles. The van der Waals surface area contributed by atoms with Gasteiger partial charge < -0.3 is 19.8 Å². The lowest BCUT2D eigenvalue weighted by molar-refractivity contribution is -0.145. The summed E-state index contributed by atoms with van der Waals surface area (Å²) in [5, 5.41) is 23.6. The molecule has 3 aliphatic rings. The first-order valence-corrected chi connectivity index (χ1v) is 10.7. The standard InChI is InChI=1S/C25H26N2O3.ClH/c1-27-8-7-24-14-22-17(9-16-10-19(30-2)5-6-21(16)26-22)13-25(24,29)23(27)11-15-3-4-18(28)12-20(15)24;/h3-6,9-10,12,23,28-29H,7-8,11,13-14H2,1-2H3;1H/t23-,24-,25-;/m1./s1. The van der Waals surface area contributed by atoms with Crippen molar-refractivity contribution in [3.8, 4) is 11.5 Å². The topological polar surface area (TPSA) is 65.8 Å². The van der Waals surface area contributed by atoms with Crippen LogP contribution in [0.25, 0.3) is 10.9 Å². The van der Waals surface area contributed by atoms with Crippen LogP contribution in [0.1, 0.15) is 28.8 Å². The molecular weight excluding hydrogens is 412 g/mol. The molecule has 1 aromatic heterocycles. The van der Waals surface area contributed by atoms with Gasteiger partial charge in [-0.2, -0.15) is 0 Å². The van der Waals surface area contributed by atoms with E-state index in [1.165, 1.54) is 5.56 Å². The summed E-state index contributed by atoms with van der Waals surface area (Å²) in [6.45, 7) is 0.933. The third-order valence-electron chi connectivity index (χ3n) is 7.95. The van der Waals surface area contributed by atoms with E-state index >= 15 is 0 Å². The first-order valence-electron chi connectivity index (χ1n) is 10.7. The molecule has 0 unspecified atom stereocenters. The number of hydrogen-bond donors (Lipinski definition) is 2. The first kappa shape index (κ1) is 20.6. The Morgan fingerprint density at radius 3 is 2.74 bits per heavy atom. The van der Waals surface area contributed by atoms with Crippen molar-refractivity contribution in [2.24, 2.45) is 0 Å². The second-order valence-corrected chi connectivity index (χ2v) is 9.30. The Balaban J connectivity index is 0.00000204. The molecule has 3 aromatic rings. The summed E-state index contributed by atoms with van der Waals surface area (Å²) in [6.07, 6.45) is 2.93. The van der Waals surface area contributed by atoms with Gasteiger partial charge in [0.2, 0.25) is 0 Å². The van der Waals surface area contributed by atoms with Gasteiger partial charge in [-0.3, -0.25) is 4.98 Å². The van der Waals surface area contributed by atoms with Crippen LogP contribution in [0.3, 0.4) is 0 Å². The van der Waals surface area contributed by atoms with Gasteiger partial charge in [0, 0.05) is 35.4 Å². The zero-order chi connectivity index (χ0) is 20.7. The summed E-state index contributed by atoms with van der Waals surface area (Å²) in [6, 6.07) is 13.9. The number of ether oxygens (including phenoxy) is 1. The lowest BCUT2D eigenvalue weighted by Gasteiger charge is -2.63. The van der Waals surface area contributed by atoms with Gasteiger partial charge in [0.15, 0.2) is 0 Å². The van der Waals surface area contributed by atoms with Crippen molar-refractivity contribution in [3.63, 3.8) is 0 Å². The zero-order valence-electron chi connectivity index (χ0n) is 17.8. The number of rotatable bonds is 1. The molecule has 2 aromatic carbocycles. The lowest BCUT2D eigenvalue weighted by Crippen LogP contribution is -2.73. The molecule has 1 aliphatic heterocycles. The highest BCUT2D eigenvalue weighted by Gasteiger charge is 2.64. The van der Waals surface area contributed by atoms with E-state index in [2.05, 4.69) is 18.0 Å². The molecule has 1 saturated heterocycles. The summed E-state index contributed by atoms with van der Waals surface area (Å²) in [4.78, 5) is 7.34. The molecule has 0 saturated carbocycles. The summed E-state index contributed by atoms with van der Waals surface area (Å²) >= 11 is 0. The van der Waals surface area contributed by atoms with Gasteiger partial charge >= 0.3 is 0 Å². The van der Waals surface area contributed by atoms with Gasteiger partial charge in [0.05, 0.1) is 18.2 Å². The van der Waals surface area contributed by atoms with Gasteiger partial charge in [-0.15, -0.1) is 12.4 Å². The van der Waals surface area contributed by atoms with E-state index in [0.29, 0.717) is 12.8 Å². The third kappa shape index (κ3) is 2.67. The van der Waals surface area contributed by atoms with Crippen molar-refractivity contribution in [1.82, 2.24) is 9.88 Å². The maximum absolute atomic E-state index is 12.3.